The summed E-state index contributed by atoms with van der Waals surface area (Å²) in [6.45, 7) is 0. The molecule has 1 aliphatic heterocycles. The van der Waals surface area contributed by atoms with Crippen molar-refractivity contribution in [1.82, 2.24) is 0 Å². The van der Waals surface area contributed by atoms with Gasteiger partial charge in [-0.15, -0.1) is 0 Å². The fourth-order valence-electron chi connectivity index (χ4n) is 0.235. The maximum atomic E-state index is 4.84. The van der Waals surface area contributed by atoms with Gasteiger partial charge in [-0.2, -0.15) is 0 Å². The lowest BCUT2D eigenvalue weighted by atomic mass is 10.6. The van der Waals surface area contributed by atoms with Crippen LogP contribution in [0.5, 0.6) is 0 Å². The molecule has 1 heterocycles. The molecule has 0 N–H and O–H groups in total. The lowest BCUT2D eigenvalue weighted by Crippen LogP contribution is -2.02. The molecule has 0 radical (unpaired) electrons. The van der Waals surface area contributed by atoms with Crippen molar-refractivity contribution in [2.75, 3.05) is 0 Å². The van der Waals surface area contributed by atoms with Crippen LogP contribution in [0.4, 0.5) is 0 Å². The van der Waals surface area contributed by atoms with E-state index in [9.17, 15) is 0 Å². The molecule has 1 aliphatic rings. The first kappa shape index (κ1) is 7.08. The number of hydrogen-bond donors (Lipinski definition) is 0. The smallest absolute Gasteiger partial charge is 0.0757 e. The molecule has 0 saturated carbocycles. The van der Waals surface area contributed by atoms with Gasteiger partial charge in [0.25, 0.3) is 0 Å². The Balaban J connectivity index is 2.86. The van der Waals surface area contributed by atoms with Gasteiger partial charge in [0.15, 0.2) is 0 Å². The van der Waals surface area contributed by atoms with Gasteiger partial charge >= 0.3 is 0 Å². The first-order valence-corrected chi connectivity index (χ1v) is 5.06. The summed E-state index contributed by atoms with van der Waals surface area (Å²) in [5.74, 6) is 0. The summed E-state index contributed by atoms with van der Waals surface area (Å²) in [4.78, 5) is 0.685. The molecule has 0 nitrogen and oxygen atoms in total. The molecule has 1 rings (SSSR count). The van der Waals surface area contributed by atoms with E-state index in [4.69, 9.17) is 36.7 Å². The minimum Gasteiger partial charge on any atom is -0.0757 e. The van der Waals surface area contributed by atoms with Gasteiger partial charge in [-0.25, -0.2) is 0 Å². The Hall–Kier alpha value is 0.970. The van der Waals surface area contributed by atoms with E-state index in [1.807, 2.05) is 0 Å². The quantitative estimate of drug-likeness (QED) is 0.430. The minimum atomic E-state index is 0.685. The molecule has 1 saturated heterocycles. The van der Waals surface area contributed by atoms with Crippen molar-refractivity contribution in [3.8, 4) is 0 Å². The average molecular weight is 196 g/mol. The molecule has 0 amide bonds. The van der Waals surface area contributed by atoms with Crippen LogP contribution < -0.4 is 0 Å². The zero-order valence-corrected chi connectivity index (χ0v) is 7.62. The standard InChI is InChI=1S/C3S5/c4-1-2(5)7-8-3(1)6. The highest BCUT2D eigenvalue weighted by Crippen LogP contribution is 2.34. The third-order valence-electron chi connectivity index (χ3n) is 0.564. The Labute approximate surface area is 71.2 Å². The molecule has 1 fully saturated rings. The maximum Gasteiger partial charge on any atom is 0.102 e. The fourth-order valence-corrected chi connectivity index (χ4v) is 3.34. The van der Waals surface area contributed by atoms with E-state index < -0.39 is 0 Å². The van der Waals surface area contributed by atoms with E-state index in [0.717, 1.165) is 8.39 Å². The van der Waals surface area contributed by atoms with Crippen LogP contribution in [0, 0.1) is 0 Å². The summed E-state index contributed by atoms with van der Waals surface area (Å²) in [6.07, 6.45) is 0. The molecule has 0 aliphatic carbocycles. The van der Waals surface area contributed by atoms with E-state index in [1.165, 1.54) is 21.6 Å². The molecule has 0 aromatic heterocycles. The zero-order valence-electron chi connectivity index (χ0n) is 3.54. The molecule has 0 bridgehead atoms. The van der Waals surface area contributed by atoms with Crippen molar-refractivity contribution in [2.24, 2.45) is 0 Å². The summed E-state index contributed by atoms with van der Waals surface area (Å²) >= 11 is 14.5. The average Bonchev–Trinajstić information content (AvgIpc) is 1.98. The monoisotopic (exact) mass is 196 g/mol. The summed E-state index contributed by atoms with van der Waals surface area (Å²) in [5, 5.41) is 0. The van der Waals surface area contributed by atoms with Crippen LogP contribution in [-0.4, -0.2) is 13.3 Å². The van der Waals surface area contributed by atoms with Gasteiger partial charge in [-0.05, 0) is 21.6 Å². The molecular weight excluding hydrogens is 196 g/mol. The van der Waals surface area contributed by atoms with Crippen LogP contribution in [0.3, 0.4) is 0 Å². The Bertz CT molecular complexity index is 151. The normalized spacial score (nSPS) is 20.2. The summed E-state index contributed by atoms with van der Waals surface area (Å²) in [6, 6.07) is 0. The lowest BCUT2D eigenvalue weighted by Gasteiger charge is -1.80. The Kier molecular flexibility index (Phi) is 2.39. The van der Waals surface area contributed by atoms with Crippen LogP contribution >= 0.6 is 58.2 Å². The number of hydrogen-bond acceptors (Lipinski definition) is 5. The van der Waals surface area contributed by atoms with Gasteiger partial charge in [0.2, 0.25) is 0 Å². The molecule has 0 unspecified atom stereocenters. The van der Waals surface area contributed by atoms with Gasteiger partial charge < -0.3 is 0 Å². The molecule has 0 aromatic carbocycles. The molecule has 0 spiro atoms. The predicted octanol–water partition coefficient (Wildman–Crippen LogP) is 2.41. The predicted molar refractivity (Wildman–Crippen MR) is 53.0 cm³/mol. The van der Waals surface area contributed by atoms with E-state index in [0.29, 0.717) is 4.86 Å². The van der Waals surface area contributed by atoms with Gasteiger partial charge in [0.05, 0.1) is 4.86 Å². The largest absolute Gasteiger partial charge is 0.102 e. The fraction of sp³-hybridized carbons (Fsp3) is 0. The van der Waals surface area contributed by atoms with E-state index in [-0.39, 0.29) is 0 Å². The molecule has 0 atom stereocenters. The topological polar surface area (TPSA) is 0 Å². The number of thiocarbonyl (C=S) groups is 3. The van der Waals surface area contributed by atoms with Crippen molar-refractivity contribution >= 4 is 71.5 Å². The highest BCUT2D eigenvalue weighted by molar-refractivity contribution is 8.93. The summed E-state index contributed by atoms with van der Waals surface area (Å²) in [5.41, 5.74) is 0. The number of rotatable bonds is 0. The third kappa shape index (κ3) is 1.27. The first-order valence-electron chi connectivity index (χ1n) is 1.69. The Morgan fingerprint density at radius 1 is 0.875 bits per heavy atom. The van der Waals surface area contributed by atoms with Crippen molar-refractivity contribution in [1.29, 1.82) is 0 Å². The van der Waals surface area contributed by atoms with Crippen LogP contribution in [0.25, 0.3) is 0 Å². The second-order valence-corrected chi connectivity index (χ2v) is 4.96. The van der Waals surface area contributed by atoms with Gasteiger partial charge in [0, 0.05) is 0 Å². The SMILES string of the molecule is S=C1SSC(=S)C1=S. The molecule has 42 valence electrons. The molecule has 0 aromatic rings. The molecule has 8 heavy (non-hydrogen) atoms. The zero-order chi connectivity index (χ0) is 6.15. The van der Waals surface area contributed by atoms with Gasteiger partial charge in [-0.3, -0.25) is 0 Å². The third-order valence-corrected chi connectivity index (χ3v) is 5.07. The van der Waals surface area contributed by atoms with Crippen LogP contribution in [0.1, 0.15) is 0 Å². The van der Waals surface area contributed by atoms with Crippen molar-refractivity contribution in [3.05, 3.63) is 0 Å². The van der Waals surface area contributed by atoms with Crippen molar-refractivity contribution in [3.63, 3.8) is 0 Å². The van der Waals surface area contributed by atoms with Crippen molar-refractivity contribution < 1.29 is 0 Å². The van der Waals surface area contributed by atoms with E-state index in [1.54, 1.807) is 0 Å². The minimum absolute atomic E-state index is 0.685. The highest BCUT2D eigenvalue weighted by Gasteiger charge is 2.20. The van der Waals surface area contributed by atoms with Gasteiger partial charge in [-0.1, -0.05) is 36.7 Å². The summed E-state index contributed by atoms with van der Waals surface area (Å²) in [7, 11) is 2.96. The lowest BCUT2D eigenvalue weighted by molar-refractivity contribution is 3.38. The maximum absolute atomic E-state index is 4.84. The Morgan fingerprint density at radius 3 is 1.38 bits per heavy atom. The van der Waals surface area contributed by atoms with E-state index >= 15 is 0 Å². The van der Waals surface area contributed by atoms with Crippen molar-refractivity contribution in [2.45, 2.75) is 0 Å². The van der Waals surface area contributed by atoms with Gasteiger partial charge in [0.1, 0.15) is 8.39 Å². The first-order chi connectivity index (χ1) is 3.72. The summed E-state index contributed by atoms with van der Waals surface area (Å²) < 4.78 is 1.52. The van der Waals surface area contributed by atoms with Crippen LogP contribution in [0.15, 0.2) is 0 Å². The van der Waals surface area contributed by atoms with E-state index in [2.05, 4.69) is 0 Å². The molecular formula is C3S5. The second-order valence-electron chi connectivity index (χ2n) is 1.07. The second kappa shape index (κ2) is 2.70. The Morgan fingerprint density at radius 2 is 1.25 bits per heavy atom. The van der Waals surface area contributed by atoms with Crippen LogP contribution in [-0.2, 0) is 0 Å². The van der Waals surface area contributed by atoms with Crippen LogP contribution in [0.2, 0.25) is 0 Å². The highest BCUT2D eigenvalue weighted by atomic mass is 33.1. The molecule has 5 heteroatoms.